The third-order valence-corrected chi connectivity index (χ3v) is 3.32. The molecule has 0 aliphatic heterocycles. The summed E-state index contributed by atoms with van der Waals surface area (Å²) in [4.78, 5) is 27.5. The van der Waals surface area contributed by atoms with E-state index in [4.69, 9.17) is 4.74 Å². The number of nitrogens with zero attached hydrogens (tertiary/aromatic N) is 2. The van der Waals surface area contributed by atoms with Gasteiger partial charge in [0.25, 0.3) is 0 Å². The molecule has 0 N–H and O–H groups in total. The predicted molar refractivity (Wildman–Crippen MR) is 85.1 cm³/mol. The van der Waals surface area contributed by atoms with Gasteiger partial charge in [0, 0.05) is 19.6 Å². The number of unbranched alkanes of at least 4 members (excludes halogenated alkanes) is 2. The Balaban J connectivity index is 4.15. The van der Waals surface area contributed by atoms with Gasteiger partial charge in [0.15, 0.2) is 0 Å². The largest absolute Gasteiger partial charge is 0.466 e. The average Bonchev–Trinajstić information content (AvgIpc) is 2.45. The highest BCUT2D eigenvalue weighted by atomic mass is 16.5. The van der Waals surface area contributed by atoms with E-state index >= 15 is 0 Å². The number of hydrogen-bond donors (Lipinski definition) is 0. The summed E-state index contributed by atoms with van der Waals surface area (Å²) < 4.78 is 4.89. The van der Waals surface area contributed by atoms with Crippen molar-refractivity contribution in [3.8, 4) is 0 Å². The lowest BCUT2D eigenvalue weighted by Crippen LogP contribution is -2.40. The number of carbonyl (C=O) groups excluding carboxylic acids is 2. The molecular weight excluding hydrogens is 268 g/mol. The number of hydrogen-bond acceptors (Lipinski definition) is 4. The van der Waals surface area contributed by atoms with Crippen molar-refractivity contribution >= 4 is 11.9 Å². The number of carbonyl (C=O) groups is 2. The molecule has 0 heterocycles. The molecule has 0 aliphatic carbocycles. The van der Waals surface area contributed by atoms with Crippen LogP contribution in [0.2, 0.25) is 0 Å². The van der Waals surface area contributed by atoms with E-state index in [-0.39, 0.29) is 11.9 Å². The molecule has 0 saturated heterocycles. The van der Waals surface area contributed by atoms with E-state index in [2.05, 4.69) is 13.8 Å². The van der Waals surface area contributed by atoms with Crippen molar-refractivity contribution in [2.75, 3.05) is 39.8 Å². The molecule has 0 saturated carbocycles. The third-order valence-electron chi connectivity index (χ3n) is 3.32. The molecule has 5 nitrogen and oxygen atoms in total. The molecule has 0 radical (unpaired) electrons. The van der Waals surface area contributed by atoms with Gasteiger partial charge < -0.3 is 9.64 Å². The van der Waals surface area contributed by atoms with Crippen LogP contribution in [0.25, 0.3) is 0 Å². The molecule has 0 rings (SSSR count). The second-order valence-corrected chi connectivity index (χ2v) is 5.38. The van der Waals surface area contributed by atoms with Crippen LogP contribution in [0.1, 0.15) is 52.9 Å². The maximum Gasteiger partial charge on any atom is 0.307 e. The van der Waals surface area contributed by atoms with Crippen LogP contribution in [0.3, 0.4) is 0 Å². The second kappa shape index (κ2) is 12.6. The van der Waals surface area contributed by atoms with Crippen molar-refractivity contribution in [1.82, 2.24) is 9.80 Å². The lowest BCUT2D eigenvalue weighted by molar-refractivity contribution is -0.144. The zero-order chi connectivity index (χ0) is 16.1. The Kier molecular flexibility index (Phi) is 12.0. The quantitative estimate of drug-likeness (QED) is 0.519. The molecule has 0 aromatic carbocycles. The van der Waals surface area contributed by atoms with Crippen molar-refractivity contribution in [1.29, 1.82) is 0 Å². The predicted octanol–water partition coefficient (Wildman–Crippen LogP) is 2.30. The molecule has 21 heavy (non-hydrogen) atoms. The van der Waals surface area contributed by atoms with Crippen molar-refractivity contribution in [2.45, 2.75) is 52.9 Å². The zero-order valence-electron chi connectivity index (χ0n) is 14.2. The van der Waals surface area contributed by atoms with E-state index in [1.165, 1.54) is 0 Å². The van der Waals surface area contributed by atoms with Gasteiger partial charge in [0.1, 0.15) is 0 Å². The Labute approximate surface area is 129 Å². The van der Waals surface area contributed by atoms with Gasteiger partial charge in [-0.2, -0.15) is 0 Å². The lowest BCUT2D eigenvalue weighted by atomic mass is 10.2. The Morgan fingerprint density at radius 1 is 0.952 bits per heavy atom. The van der Waals surface area contributed by atoms with Crippen LogP contribution in [0.4, 0.5) is 0 Å². The van der Waals surface area contributed by atoms with Crippen molar-refractivity contribution in [2.24, 2.45) is 0 Å². The molecule has 1 amide bonds. The molecule has 0 aromatic heterocycles. The standard InChI is InChI=1S/C16H32N2O3/c1-5-8-11-18(12-9-6-2)15(19)14-17(4)13-10-16(20)21-7-3/h5-14H2,1-4H3. The van der Waals surface area contributed by atoms with Crippen LogP contribution < -0.4 is 0 Å². The summed E-state index contributed by atoms with van der Waals surface area (Å²) in [7, 11) is 1.87. The van der Waals surface area contributed by atoms with Gasteiger partial charge in [0.05, 0.1) is 19.6 Å². The molecule has 0 aliphatic rings. The summed E-state index contributed by atoms with van der Waals surface area (Å²) >= 11 is 0. The first-order valence-corrected chi connectivity index (χ1v) is 8.17. The highest BCUT2D eigenvalue weighted by Crippen LogP contribution is 2.02. The lowest BCUT2D eigenvalue weighted by Gasteiger charge is -2.25. The van der Waals surface area contributed by atoms with Crippen LogP contribution in [-0.4, -0.2) is 61.5 Å². The van der Waals surface area contributed by atoms with Gasteiger partial charge in [-0.05, 0) is 26.8 Å². The van der Waals surface area contributed by atoms with Crippen LogP contribution in [-0.2, 0) is 14.3 Å². The number of esters is 1. The number of amides is 1. The van der Waals surface area contributed by atoms with E-state index in [1.807, 2.05) is 16.8 Å². The molecule has 0 bridgehead atoms. The molecule has 0 spiro atoms. The summed E-state index contributed by atoms with van der Waals surface area (Å²) in [5.74, 6) is -0.0473. The average molecular weight is 300 g/mol. The summed E-state index contributed by atoms with van der Waals surface area (Å²) in [5, 5.41) is 0. The molecular formula is C16H32N2O3. The molecule has 0 atom stereocenters. The normalized spacial score (nSPS) is 10.7. The van der Waals surface area contributed by atoms with Crippen LogP contribution in [0, 0.1) is 0 Å². The fourth-order valence-electron chi connectivity index (χ4n) is 1.98. The van der Waals surface area contributed by atoms with Gasteiger partial charge in [-0.15, -0.1) is 0 Å². The van der Waals surface area contributed by atoms with Crippen LogP contribution in [0.5, 0.6) is 0 Å². The first-order chi connectivity index (χ1) is 10.0. The van der Waals surface area contributed by atoms with Crippen molar-refractivity contribution in [3.63, 3.8) is 0 Å². The fraction of sp³-hybridized carbons (Fsp3) is 0.875. The van der Waals surface area contributed by atoms with E-state index in [1.54, 1.807) is 6.92 Å². The molecule has 5 heteroatoms. The van der Waals surface area contributed by atoms with Gasteiger partial charge in [-0.25, -0.2) is 0 Å². The SMILES string of the molecule is CCCCN(CCCC)C(=O)CN(C)CCC(=O)OCC. The first kappa shape index (κ1) is 19.9. The molecule has 0 fully saturated rings. The number of likely N-dealkylation sites (N-methyl/N-ethyl adjacent to an activating group) is 1. The highest BCUT2D eigenvalue weighted by molar-refractivity contribution is 5.78. The zero-order valence-corrected chi connectivity index (χ0v) is 14.2. The van der Waals surface area contributed by atoms with E-state index < -0.39 is 0 Å². The number of ether oxygens (including phenoxy) is 1. The van der Waals surface area contributed by atoms with Gasteiger partial charge >= 0.3 is 5.97 Å². The van der Waals surface area contributed by atoms with Gasteiger partial charge in [0.2, 0.25) is 5.91 Å². The second-order valence-electron chi connectivity index (χ2n) is 5.38. The summed E-state index contributed by atoms with van der Waals surface area (Å²) in [6.45, 7) is 9.06. The third kappa shape index (κ3) is 10.3. The monoisotopic (exact) mass is 300 g/mol. The maximum atomic E-state index is 12.3. The van der Waals surface area contributed by atoms with Crippen molar-refractivity contribution in [3.05, 3.63) is 0 Å². The summed E-state index contributed by atoms with van der Waals surface area (Å²) in [5.41, 5.74) is 0. The maximum absolute atomic E-state index is 12.3. The Hall–Kier alpha value is -1.10. The van der Waals surface area contributed by atoms with Gasteiger partial charge in [-0.1, -0.05) is 26.7 Å². The van der Waals surface area contributed by atoms with Crippen molar-refractivity contribution < 1.29 is 14.3 Å². The van der Waals surface area contributed by atoms with E-state index in [9.17, 15) is 9.59 Å². The summed E-state index contributed by atoms with van der Waals surface area (Å²) in [6, 6.07) is 0. The van der Waals surface area contributed by atoms with E-state index in [0.717, 1.165) is 38.8 Å². The van der Waals surface area contributed by atoms with Crippen LogP contribution in [0.15, 0.2) is 0 Å². The first-order valence-electron chi connectivity index (χ1n) is 8.17. The van der Waals surface area contributed by atoms with Gasteiger partial charge in [-0.3, -0.25) is 14.5 Å². The minimum absolute atomic E-state index is 0.156. The molecule has 0 aromatic rings. The smallest absolute Gasteiger partial charge is 0.307 e. The minimum Gasteiger partial charge on any atom is -0.466 e. The Bertz CT molecular complexity index is 287. The van der Waals surface area contributed by atoms with E-state index in [0.29, 0.717) is 26.1 Å². The Morgan fingerprint density at radius 3 is 2.00 bits per heavy atom. The Morgan fingerprint density at radius 2 is 1.52 bits per heavy atom. The fourth-order valence-corrected chi connectivity index (χ4v) is 1.98. The highest BCUT2D eigenvalue weighted by Gasteiger charge is 2.15. The molecule has 124 valence electrons. The topological polar surface area (TPSA) is 49.9 Å². The summed E-state index contributed by atoms with van der Waals surface area (Å²) in [6.07, 6.45) is 4.61. The molecule has 0 unspecified atom stereocenters. The van der Waals surface area contributed by atoms with Crippen LogP contribution >= 0.6 is 0 Å². The minimum atomic E-state index is -0.203. The number of rotatable bonds is 12.